The zero-order chi connectivity index (χ0) is 24.4. The Morgan fingerprint density at radius 3 is 2.77 bits per heavy atom. The smallest absolute Gasteiger partial charge is 0.278 e. The minimum Gasteiger partial charge on any atom is -0.454 e. The van der Waals surface area contributed by atoms with Crippen molar-refractivity contribution in [1.82, 2.24) is 14.1 Å². The lowest BCUT2D eigenvalue weighted by Crippen LogP contribution is -2.27. The van der Waals surface area contributed by atoms with Gasteiger partial charge < -0.3 is 24.1 Å². The number of aryl methyl sites for hydroxylation is 1. The van der Waals surface area contributed by atoms with Gasteiger partial charge in [-0.3, -0.25) is 14.2 Å². The Morgan fingerprint density at radius 2 is 1.97 bits per heavy atom. The van der Waals surface area contributed by atoms with Gasteiger partial charge in [-0.05, 0) is 17.7 Å². The summed E-state index contributed by atoms with van der Waals surface area (Å²) in [5.41, 5.74) is 3.39. The number of methoxy groups -OCH3 is 1. The minimum atomic E-state index is -0.224. The molecule has 0 saturated heterocycles. The van der Waals surface area contributed by atoms with E-state index >= 15 is 0 Å². The lowest BCUT2D eigenvalue weighted by Gasteiger charge is -2.13. The van der Waals surface area contributed by atoms with Crippen LogP contribution in [0.1, 0.15) is 0 Å². The molecule has 0 spiro atoms. The maximum atomic E-state index is 13.5. The molecule has 0 unspecified atom stereocenters. The van der Waals surface area contributed by atoms with Gasteiger partial charge in [-0.1, -0.05) is 42.1 Å². The predicted octanol–water partition coefficient (Wildman–Crippen LogP) is 3.51. The van der Waals surface area contributed by atoms with E-state index in [1.807, 2.05) is 43.6 Å². The fourth-order valence-electron chi connectivity index (χ4n) is 3.97. The number of rotatable bonds is 8. The van der Waals surface area contributed by atoms with Crippen molar-refractivity contribution in [3.8, 4) is 22.6 Å². The lowest BCUT2D eigenvalue weighted by molar-refractivity contribution is -0.113. The van der Waals surface area contributed by atoms with E-state index in [-0.39, 0.29) is 24.0 Å². The number of anilines is 1. The van der Waals surface area contributed by atoms with Crippen LogP contribution in [0.5, 0.6) is 11.5 Å². The van der Waals surface area contributed by atoms with Crippen LogP contribution in [0.25, 0.3) is 22.2 Å². The van der Waals surface area contributed by atoms with E-state index < -0.39 is 0 Å². The molecule has 5 rings (SSSR count). The first-order valence-corrected chi connectivity index (χ1v) is 12.0. The second-order valence-corrected chi connectivity index (χ2v) is 8.91. The molecule has 9 nitrogen and oxygen atoms in total. The van der Waals surface area contributed by atoms with Crippen molar-refractivity contribution >= 4 is 34.4 Å². The van der Waals surface area contributed by atoms with Gasteiger partial charge in [0.1, 0.15) is 11.0 Å². The highest BCUT2D eigenvalue weighted by atomic mass is 32.2. The molecule has 0 saturated carbocycles. The zero-order valence-corrected chi connectivity index (χ0v) is 20.1. The van der Waals surface area contributed by atoms with E-state index in [1.54, 1.807) is 34.4 Å². The molecule has 1 amide bonds. The maximum Gasteiger partial charge on any atom is 0.278 e. The largest absolute Gasteiger partial charge is 0.454 e. The molecule has 2 aromatic carbocycles. The van der Waals surface area contributed by atoms with Crippen LogP contribution < -0.4 is 20.3 Å². The first-order chi connectivity index (χ1) is 17.0. The van der Waals surface area contributed by atoms with Crippen LogP contribution >= 0.6 is 11.8 Å². The Bertz CT molecular complexity index is 1450. The molecule has 10 heteroatoms. The van der Waals surface area contributed by atoms with Crippen molar-refractivity contribution in [3.05, 3.63) is 65.1 Å². The van der Waals surface area contributed by atoms with E-state index in [0.29, 0.717) is 46.5 Å². The molecule has 0 atom stereocenters. The SMILES string of the molecule is COCCn1c(SCC(=O)Nc2ccc3c(c2)OCO3)nc2c(-c3ccccc3)cn(C)c2c1=O. The summed E-state index contributed by atoms with van der Waals surface area (Å²) in [4.78, 5) is 31.0. The molecular weight excluding hydrogens is 468 g/mol. The Kier molecular flexibility index (Phi) is 6.47. The van der Waals surface area contributed by atoms with Crippen molar-refractivity contribution < 1.29 is 19.0 Å². The topological polar surface area (TPSA) is 96.6 Å². The van der Waals surface area contributed by atoms with Gasteiger partial charge in [0, 0.05) is 37.7 Å². The fraction of sp³-hybridized carbons (Fsp3) is 0.240. The number of carbonyl (C=O) groups excluding carboxylic acids is 1. The first kappa shape index (κ1) is 23.0. The Balaban J connectivity index is 1.44. The van der Waals surface area contributed by atoms with Gasteiger partial charge in [-0.2, -0.15) is 0 Å². The molecule has 1 N–H and O–H groups in total. The van der Waals surface area contributed by atoms with Gasteiger partial charge in [0.2, 0.25) is 12.7 Å². The number of aromatic nitrogens is 3. The minimum absolute atomic E-state index is 0.0763. The first-order valence-electron chi connectivity index (χ1n) is 11.0. The van der Waals surface area contributed by atoms with Crippen molar-refractivity contribution in [2.75, 3.05) is 31.6 Å². The molecule has 4 aromatic rings. The number of hydrogen-bond acceptors (Lipinski definition) is 7. The third-order valence-electron chi connectivity index (χ3n) is 5.63. The second-order valence-electron chi connectivity index (χ2n) is 7.97. The lowest BCUT2D eigenvalue weighted by atomic mass is 10.1. The van der Waals surface area contributed by atoms with E-state index in [2.05, 4.69) is 5.32 Å². The molecule has 1 aliphatic rings. The summed E-state index contributed by atoms with van der Waals surface area (Å²) in [5.74, 6) is 1.09. The van der Waals surface area contributed by atoms with Gasteiger partial charge in [0.15, 0.2) is 16.7 Å². The molecule has 35 heavy (non-hydrogen) atoms. The second kappa shape index (κ2) is 9.85. The molecule has 0 radical (unpaired) electrons. The van der Waals surface area contributed by atoms with E-state index in [9.17, 15) is 9.59 Å². The maximum absolute atomic E-state index is 13.5. The van der Waals surface area contributed by atoms with Crippen LogP contribution in [-0.2, 0) is 23.1 Å². The number of nitrogens with one attached hydrogen (secondary N) is 1. The Labute approximate surface area is 205 Å². The predicted molar refractivity (Wildman–Crippen MR) is 134 cm³/mol. The van der Waals surface area contributed by atoms with Gasteiger partial charge in [-0.15, -0.1) is 0 Å². The summed E-state index contributed by atoms with van der Waals surface area (Å²) in [6, 6.07) is 15.0. The summed E-state index contributed by atoms with van der Waals surface area (Å²) >= 11 is 1.21. The van der Waals surface area contributed by atoms with Crippen molar-refractivity contribution in [3.63, 3.8) is 0 Å². The molecular formula is C25H24N4O5S. The molecule has 0 aliphatic carbocycles. The summed E-state index contributed by atoms with van der Waals surface area (Å²) in [6.07, 6.45) is 1.91. The average Bonchev–Trinajstić information content (AvgIpc) is 3.46. The van der Waals surface area contributed by atoms with Crippen LogP contribution in [-0.4, -0.2) is 46.3 Å². The van der Waals surface area contributed by atoms with Gasteiger partial charge in [0.05, 0.1) is 18.9 Å². The third-order valence-corrected chi connectivity index (χ3v) is 6.61. The van der Waals surface area contributed by atoms with E-state index in [0.717, 1.165) is 11.1 Å². The number of ether oxygens (including phenoxy) is 3. The summed E-state index contributed by atoms with van der Waals surface area (Å²) in [6.45, 7) is 0.844. The number of benzene rings is 2. The normalized spacial score (nSPS) is 12.3. The third kappa shape index (κ3) is 4.62. The zero-order valence-electron chi connectivity index (χ0n) is 19.3. The number of hydrogen-bond donors (Lipinski definition) is 1. The number of nitrogens with zero attached hydrogens (tertiary/aromatic N) is 3. The quantitative estimate of drug-likeness (QED) is 0.297. The van der Waals surface area contributed by atoms with Gasteiger partial charge >= 0.3 is 0 Å². The monoisotopic (exact) mass is 492 g/mol. The molecule has 3 heterocycles. The fourth-order valence-corrected chi connectivity index (χ4v) is 4.79. The summed E-state index contributed by atoms with van der Waals surface area (Å²) in [7, 11) is 3.42. The molecule has 0 bridgehead atoms. The standard InChI is InChI=1S/C25H24N4O5S/c1-28-13-18(16-6-4-3-5-7-16)22-23(28)24(31)29(10-11-32-2)25(27-22)35-14-21(30)26-17-8-9-19-20(12-17)34-15-33-19/h3-9,12-13H,10-11,14-15H2,1-2H3,(H,26,30). The summed E-state index contributed by atoms with van der Waals surface area (Å²) in [5, 5.41) is 3.32. The molecule has 180 valence electrons. The number of fused-ring (bicyclic) bond motifs is 2. The van der Waals surface area contributed by atoms with Crippen molar-refractivity contribution in [2.45, 2.75) is 11.7 Å². The molecule has 1 aliphatic heterocycles. The van der Waals surface area contributed by atoms with Crippen LogP contribution in [0.2, 0.25) is 0 Å². The Hall–Kier alpha value is -3.76. The van der Waals surface area contributed by atoms with E-state index in [4.69, 9.17) is 19.2 Å². The number of thioether (sulfide) groups is 1. The van der Waals surface area contributed by atoms with Gasteiger partial charge in [-0.25, -0.2) is 4.98 Å². The van der Waals surface area contributed by atoms with Crippen molar-refractivity contribution in [2.24, 2.45) is 7.05 Å². The van der Waals surface area contributed by atoms with Crippen LogP contribution in [0.15, 0.2) is 64.7 Å². The van der Waals surface area contributed by atoms with Crippen LogP contribution in [0.3, 0.4) is 0 Å². The number of amides is 1. The Morgan fingerprint density at radius 1 is 1.17 bits per heavy atom. The average molecular weight is 493 g/mol. The number of carbonyl (C=O) groups is 1. The van der Waals surface area contributed by atoms with Crippen LogP contribution in [0.4, 0.5) is 5.69 Å². The summed E-state index contributed by atoms with van der Waals surface area (Å²) < 4.78 is 19.3. The molecule has 2 aromatic heterocycles. The highest BCUT2D eigenvalue weighted by Crippen LogP contribution is 2.34. The van der Waals surface area contributed by atoms with Gasteiger partial charge in [0.25, 0.3) is 5.56 Å². The van der Waals surface area contributed by atoms with Crippen LogP contribution in [0, 0.1) is 0 Å². The molecule has 0 fully saturated rings. The van der Waals surface area contributed by atoms with E-state index in [1.165, 1.54) is 11.8 Å². The highest BCUT2D eigenvalue weighted by Gasteiger charge is 2.20. The van der Waals surface area contributed by atoms with Crippen molar-refractivity contribution in [1.29, 1.82) is 0 Å². The highest BCUT2D eigenvalue weighted by molar-refractivity contribution is 7.99.